The summed E-state index contributed by atoms with van der Waals surface area (Å²) in [4.78, 5) is 15.0. The van der Waals surface area contributed by atoms with E-state index in [0.717, 1.165) is 50.5 Å². The minimum absolute atomic E-state index is 0. The highest BCUT2D eigenvalue weighted by Crippen LogP contribution is 2.14. The molecule has 0 aliphatic carbocycles. The first-order chi connectivity index (χ1) is 12.8. The Kier molecular flexibility index (Phi) is 9.11. The van der Waals surface area contributed by atoms with Crippen molar-refractivity contribution in [1.29, 1.82) is 0 Å². The van der Waals surface area contributed by atoms with E-state index in [1.807, 2.05) is 54.6 Å². The van der Waals surface area contributed by atoms with Crippen molar-refractivity contribution in [2.24, 2.45) is 0 Å². The molecule has 2 N–H and O–H groups in total. The van der Waals surface area contributed by atoms with Gasteiger partial charge in [0.2, 0.25) is 0 Å². The molecule has 1 heterocycles. The predicted octanol–water partition coefficient (Wildman–Crippen LogP) is 2.71. The average molecular weight is 390 g/mol. The Hall–Kier alpha value is -2.08. The summed E-state index contributed by atoms with van der Waals surface area (Å²) >= 11 is 0. The number of nitrogens with one attached hydrogen (secondary N) is 2. The molecule has 0 atom stereocenters. The van der Waals surface area contributed by atoms with Gasteiger partial charge in [0.1, 0.15) is 12.4 Å². The summed E-state index contributed by atoms with van der Waals surface area (Å²) in [5.41, 5.74) is 1.58. The minimum atomic E-state index is -0.0300. The molecule has 0 radical (unpaired) electrons. The average Bonchev–Trinajstić information content (AvgIpc) is 2.71. The van der Waals surface area contributed by atoms with E-state index >= 15 is 0 Å². The van der Waals surface area contributed by atoms with Crippen LogP contribution in [-0.4, -0.2) is 50.1 Å². The van der Waals surface area contributed by atoms with Crippen LogP contribution in [0.4, 0.5) is 0 Å². The van der Waals surface area contributed by atoms with E-state index in [1.54, 1.807) is 0 Å². The van der Waals surface area contributed by atoms with Crippen molar-refractivity contribution >= 4 is 18.3 Å². The van der Waals surface area contributed by atoms with Crippen LogP contribution < -0.4 is 15.4 Å². The summed E-state index contributed by atoms with van der Waals surface area (Å²) in [6.45, 7) is 6.40. The molecule has 1 aliphatic rings. The number of amides is 1. The van der Waals surface area contributed by atoms with Crippen molar-refractivity contribution in [3.05, 3.63) is 65.7 Å². The van der Waals surface area contributed by atoms with Gasteiger partial charge in [0.25, 0.3) is 5.91 Å². The lowest BCUT2D eigenvalue weighted by Gasteiger charge is -2.27. The highest BCUT2D eigenvalue weighted by Gasteiger charge is 2.12. The monoisotopic (exact) mass is 389 g/mol. The molecule has 146 valence electrons. The standard InChI is InChI=1S/C21H27N3O2.ClH/c25-21(23-11-6-14-24-15-12-22-13-16-24)20-10-5-4-7-18(20)17-26-19-8-2-1-3-9-19;/h1-5,7-10,22H,6,11-17H2,(H,23,25);1H. The molecule has 1 amide bonds. The SMILES string of the molecule is Cl.O=C(NCCCN1CCNCC1)c1ccccc1COc1ccccc1. The Labute approximate surface area is 167 Å². The molecule has 1 saturated heterocycles. The second-order valence-corrected chi connectivity index (χ2v) is 6.46. The quantitative estimate of drug-likeness (QED) is 0.681. The maximum atomic E-state index is 12.5. The first-order valence-electron chi connectivity index (χ1n) is 9.30. The summed E-state index contributed by atoms with van der Waals surface area (Å²) < 4.78 is 5.80. The number of nitrogens with zero attached hydrogens (tertiary/aromatic N) is 1. The fourth-order valence-corrected chi connectivity index (χ4v) is 3.08. The minimum Gasteiger partial charge on any atom is -0.489 e. The topological polar surface area (TPSA) is 53.6 Å². The second-order valence-electron chi connectivity index (χ2n) is 6.46. The van der Waals surface area contributed by atoms with Gasteiger partial charge < -0.3 is 20.3 Å². The van der Waals surface area contributed by atoms with Crippen LogP contribution >= 0.6 is 12.4 Å². The van der Waals surface area contributed by atoms with Crippen LogP contribution in [0.25, 0.3) is 0 Å². The molecule has 0 bridgehead atoms. The molecule has 0 saturated carbocycles. The molecular weight excluding hydrogens is 362 g/mol. The molecule has 0 aromatic heterocycles. The van der Waals surface area contributed by atoms with Gasteiger partial charge in [-0.25, -0.2) is 0 Å². The smallest absolute Gasteiger partial charge is 0.251 e. The Balaban J connectivity index is 0.00000261. The van der Waals surface area contributed by atoms with Gasteiger partial charge in [-0.3, -0.25) is 4.79 Å². The second kappa shape index (κ2) is 11.6. The molecule has 0 spiro atoms. The molecule has 2 aromatic rings. The van der Waals surface area contributed by atoms with Crippen molar-refractivity contribution in [3.63, 3.8) is 0 Å². The molecule has 5 nitrogen and oxygen atoms in total. The van der Waals surface area contributed by atoms with Gasteiger partial charge >= 0.3 is 0 Å². The summed E-state index contributed by atoms with van der Waals surface area (Å²) in [7, 11) is 0. The van der Waals surface area contributed by atoms with Crippen molar-refractivity contribution < 1.29 is 9.53 Å². The number of rotatable bonds is 8. The van der Waals surface area contributed by atoms with Gasteiger partial charge in [0.15, 0.2) is 0 Å². The maximum Gasteiger partial charge on any atom is 0.251 e. The van der Waals surface area contributed by atoms with E-state index in [4.69, 9.17) is 4.74 Å². The number of para-hydroxylation sites is 1. The zero-order valence-electron chi connectivity index (χ0n) is 15.5. The molecule has 1 aliphatic heterocycles. The lowest BCUT2D eigenvalue weighted by molar-refractivity contribution is 0.0948. The van der Waals surface area contributed by atoms with Crippen LogP contribution in [-0.2, 0) is 6.61 Å². The van der Waals surface area contributed by atoms with E-state index in [9.17, 15) is 4.79 Å². The van der Waals surface area contributed by atoms with Crippen LogP contribution in [0.1, 0.15) is 22.3 Å². The number of benzene rings is 2. The van der Waals surface area contributed by atoms with E-state index < -0.39 is 0 Å². The summed E-state index contributed by atoms with van der Waals surface area (Å²) in [6, 6.07) is 17.3. The lowest BCUT2D eigenvalue weighted by atomic mass is 10.1. The van der Waals surface area contributed by atoms with Crippen LogP contribution in [0.3, 0.4) is 0 Å². The third-order valence-electron chi connectivity index (χ3n) is 4.55. The first-order valence-corrected chi connectivity index (χ1v) is 9.30. The number of hydrogen-bond donors (Lipinski definition) is 2. The summed E-state index contributed by atoms with van der Waals surface area (Å²) in [6.07, 6.45) is 0.967. The molecular formula is C21H28ClN3O2. The highest BCUT2D eigenvalue weighted by atomic mass is 35.5. The molecule has 6 heteroatoms. The zero-order chi connectivity index (χ0) is 18.0. The van der Waals surface area contributed by atoms with E-state index in [2.05, 4.69) is 15.5 Å². The molecule has 27 heavy (non-hydrogen) atoms. The Morgan fingerprint density at radius 2 is 1.74 bits per heavy atom. The summed E-state index contributed by atoms with van der Waals surface area (Å²) in [5.74, 6) is 0.774. The fraction of sp³-hybridized carbons (Fsp3) is 0.381. The Bertz CT molecular complexity index is 691. The number of carbonyl (C=O) groups excluding carboxylic acids is 1. The normalized spacial score (nSPS) is 14.2. The van der Waals surface area contributed by atoms with Gasteiger partial charge in [-0.05, 0) is 31.2 Å². The van der Waals surface area contributed by atoms with E-state index in [-0.39, 0.29) is 18.3 Å². The van der Waals surface area contributed by atoms with Crippen molar-refractivity contribution in [2.75, 3.05) is 39.3 Å². The molecule has 1 fully saturated rings. The van der Waals surface area contributed by atoms with Gasteiger partial charge in [0, 0.05) is 43.9 Å². The van der Waals surface area contributed by atoms with Gasteiger partial charge in [-0.2, -0.15) is 0 Å². The van der Waals surface area contributed by atoms with Crippen LogP contribution in [0.15, 0.2) is 54.6 Å². The number of ether oxygens (including phenoxy) is 1. The zero-order valence-corrected chi connectivity index (χ0v) is 16.3. The van der Waals surface area contributed by atoms with Crippen LogP contribution in [0.5, 0.6) is 5.75 Å². The number of piperazine rings is 1. The highest BCUT2D eigenvalue weighted by molar-refractivity contribution is 5.95. The van der Waals surface area contributed by atoms with Crippen molar-refractivity contribution in [2.45, 2.75) is 13.0 Å². The Morgan fingerprint density at radius 1 is 1.04 bits per heavy atom. The van der Waals surface area contributed by atoms with Gasteiger partial charge in [0.05, 0.1) is 0 Å². The largest absolute Gasteiger partial charge is 0.489 e. The third-order valence-corrected chi connectivity index (χ3v) is 4.55. The molecule has 2 aromatic carbocycles. The summed E-state index contributed by atoms with van der Waals surface area (Å²) in [5, 5.41) is 6.39. The molecule has 3 rings (SSSR count). The fourth-order valence-electron chi connectivity index (χ4n) is 3.08. The van der Waals surface area contributed by atoms with Crippen molar-refractivity contribution in [3.8, 4) is 5.75 Å². The van der Waals surface area contributed by atoms with Gasteiger partial charge in [-0.15, -0.1) is 12.4 Å². The third kappa shape index (κ3) is 6.86. The number of halogens is 1. The maximum absolute atomic E-state index is 12.5. The van der Waals surface area contributed by atoms with Crippen molar-refractivity contribution in [1.82, 2.24) is 15.5 Å². The lowest BCUT2D eigenvalue weighted by Crippen LogP contribution is -2.44. The number of hydrogen-bond acceptors (Lipinski definition) is 4. The molecule has 0 unspecified atom stereocenters. The van der Waals surface area contributed by atoms with Crippen LogP contribution in [0.2, 0.25) is 0 Å². The predicted molar refractivity (Wildman–Crippen MR) is 111 cm³/mol. The van der Waals surface area contributed by atoms with Crippen LogP contribution in [0, 0.1) is 0 Å². The number of carbonyl (C=O) groups is 1. The van der Waals surface area contributed by atoms with E-state index in [0.29, 0.717) is 18.7 Å². The Morgan fingerprint density at radius 3 is 2.52 bits per heavy atom. The van der Waals surface area contributed by atoms with Gasteiger partial charge in [-0.1, -0.05) is 36.4 Å². The first kappa shape index (κ1) is 21.2. The van der Waals surface area contributed by atoms with E-state index in [1.165, 1.54) is 0 Å².